The Bertz CT molecular complexity index is 4480. The molecule has 2 aliphatic heterocycles. The molecular weight excluding hydrogens is 1690 g/mol. The number of imidazole rings is 1. The van der Waals surface area contributed by atoms with Gasteiger partial charge >= 0.3 is 0 Å². The van der Waals surface area contributed by atoms with Crippen molar-refractivity contribution in [3.63, 3.8) is 0 Å². The second-order valence-corrected chi connectivity index (χ2v) is 34.0. The predicted molar refractivity (Wildman–Crippen MR) is 467 cm³/mol. The molecule has 2 aromatic carbocycles. The van der Waals surface area contributed by atoms with Crippen molar-refractivity contribution in [2.24, 2.45) is 17.2 Å². The minimum atomic E-state index is -4.10. The summed E-state index contributed by atoms with van der Waals surface area (Å²) in [4.78, 5) is 233. The lowest BCUT2D eigenvalue weighted by molar-refractivity contribution is -0.143. The summed E-state index contributed by atoms with van der Waals surface area (Å²) in [6.07, 6.45) is 13.3. The smallest absolute Gasteiger partial charge is 0.245 e. The van der Waals surface area contributed by atoms with E-state index in [1.54, 1.807) is 60.8 Å². The third-order valence-corrected chi connectivity index (χ3v) is 23.0. The molecule has 44 heteroatoms. The molecule has 0 unspecified atom stereocenters. The third-order valence-electron chi connectivity index (χ3n) is 21.7. The van der Waals surface area contributed by atoms with Crippen molar-refractivity contribution in [1.82, 2.24) is 93.7 Å². The van der Waals surface area contributed by atoms with Crippen molar-refractivity contribution in [2.45, 2.75) is 273 Å². The van der Waals surface area contributed by atoms with Crippen molar-refractivity contribution in [1.29, 1.82) is 5.41 Å². The second-order valence-electron chi connectivity index (χ2n) is 32.1. The van der Waals surface area contributed by atoms with Gasteiger partial charge < -0.3 is 117 Å². The fourth-order valence-electron chi connectivity index (χ4n) is 14.6. The summed E-state index contributed by atoms with van der Waals surface area (Å²) in [6.45, 7) is -0.247. The Labute approximate surface area is 742 Å². The van der Waals surface area contributed by atoms with Gasteiger partial charge in [-0.1, -0.05) is 133 Å². The van der Waals surface area contributed by atoms with Crippen LogP contribution in [-0.4, -0.2) is 262 Å². The molecule has 12 atom stereocenters. The van der Waals surface area contributed by atoms with E-state index < -0.39 is 254 Å². The van der Waals surface area contributed by atoms with Gasteiger partial charge in [-0.25, -0.2) is 13.4 Å². The Morgan fingerprint density at radius 3 is 1.85 bits per heavy atom. The van der Waals surface area contributed by atoms with Gasteiger partial charge in [0.15, 0.2) is 5.96 Å². The van der Waals surface area contributed by atoms with Crippen LogP contribution < -0.4 is 91.0 Å². The van der Waals surface area contributed by atoms with Crippen LogP contribution in [0, 0.1) is 5.41 Å². The minimum absolute atomic E-state index is 0.0114. The number of carbonyl (C=O) groups is 16. The number of para-hydroxylation sites is 1. The topological polar surface area (TPSA) is 686 Å². The second kappa shape index (κ2) is 55.4. The number of carbonyl (C=O) groups excluding carboxylic acids is 16. The van der Waals surface area contributed by atoms with Gasteiger partial charge in [0, 0.05) is 94.3 Å². The van der Waals surface area contributed by atoms with Crippen LogP contribution in [0.4, 0.5) is 0 Å². The third kappa shape index (κ3) is 37.8. The number of nitrogens with two attached hydrogens (primary N) is 3. The molecule has 0 saturated carbocycles. The van der Waals surface area contributed by atoms with E-state index in [9.17, 15) is 95.7 Å². The maximum Gasteiger partial charge on any atom is 0.245 e. The lowest BCUT2D eigenvalue weighted by atomic mass is 10.0. The molecule has 2 saturated heterocycles. The summed E-state index contributed by atoms with van der Waals surface area (Å²) in [5.74, 6) is -16.6. The highest BCUT2D eigenvalue weighted by Gasteiger charge is 2.44. The number of rotatable bonds is 48. The van der Waals surface area contributed by atoms with Crippen molar-refractivity contribution in [3.8, 4) is 0 Å². The van der Waals surface area contributed by atoms with Gasteiger partial charge in [0.05, 0.1) is 43.6 Å². The van der Waals surface area contributed by atoms with Gasteiger partial charge in [-0.15, -0.1) is 0 Å². The lowest BCUT2D eigenvalue weighted by Gasteiger charge is -2.31. The monoisotopic (exact) mass is 1810 g/mol. The quantitative estimate of drug-likeness (QED) is 0.0117. The number of H-pyrrole nitrogens is 2. The van der Waals surface area contributed by atoms with E-state index in [2.05, 4.69) is 91.0 Å². The Balaban J connectivity index is 1.11. The number of amides is 16. The molecule has 706 valence electrons. The summed E-state index contributed by atoms with van der Waals surface area (Å²) in [5, 5.41) is 72.9. The molecule has 0 spiro atoms. The number of hydrogen-bond donors (Lipinski definition) is 23. The van der Waals surface area contributed by atoms with Gasteiger partial charge in [0.25, 0.3) is 0 Å². The van der Waals surface area contributed by atoms with E-state index in [1.807, 2.05) is 4.72 Å². The van der Waals surface area contributed by atoms with Crippen LogP contribution in [-0.2, 0) is 106 Å². The summed E-state index contributed by atoms with van der Waals surface area (Å²) in [6, 6.07) is -2.53. The Morgan fingerprint density at radius 1 is 0.609 bits per heavy atom. The lowest BCUT2D eigenvalue weighted by Crippen LogP contribution is -2.61. The van der Waals surface area contributed by atoms with Gasteiger partial charge in [0.2, 0.25) is 105 Å². The zero-order valence-electron chi connectivity index (χ0n) is 72.5. The molecule has 2 aliphatic rings. The van der Waals surface area contributed by atoms with Crippen LogP contribution in [0.1, 0.15) is 198 Å². The van der Waals surface area contributed by atoms with E-state index in [-0.39, 0.29) is 82.5 Å². The maximum absolute atomic E-state index is 15.1. The number of nitrogens with one attached hydrogen (secondary N) is 17. The molecule has 0 bridgehead atoms. The molecule has 43 nitrogen and oxygen atoms in total. The number of nitrogens with zero attached hydrogens (tertiary/aromatic N) is 2. The highest BCUT2D eigenvalue weighted by Crippen LogP contribution is 2.24. The Kier molecular flexibility index (Phi) is 45.3. The summed E-state index contributed by atoms with van der Waals surface area (Å²) in [5.41, 5.74) is 18.8. The Hall–Kier alpha value is -12.2. The molecule has 0 aliphatic carbocycles. The number of unbranched alkanes of at least 4 members (excludes halogenated alkanes) is 12. The van der Waals surface area contributed by atoms with Crippen molar-refractivity contribution < 1.29 is 100 Å². The zero-order valence-corrected chi connectivity index (χ0v) is 73.4. The first-order chi connectivity index (χ1) is 61.2. The zero-order chi connectivity index (χ0) is 93.7. The molecule has 128 heavy (non-hydrogen) atoms. The summed E-state index contributed by atoms with van der Waals surface area (Å²) in [7, 11) is -4.10. The predicted octanol–water partition coefficient (Wildman–Crippen LogP) is -3.35. The normalized spacial score (nSPS) is 19.3. The number of hydrogen-bond acceptors (Lipinski definition) is 23. The molecular formula is C84H128N22O21S. The molecule has 16 amide bonds. The average Bonchev–Trinajstić information content (AvgIpc) is 1.68. The number of aliphatic hydroxyl groups is 3. The highest BCUT2D eigenvalue weighted by atomic mass is 32.2. The summed E-state index contributed by atoms with van der Waals surface area (Å²) < 4.78 is 27.3. The van der Waals surface area contributed by atoms with Crippen LogP contribution in [0.2, 0.25) is 0 Å². The van der Waals surface area contributed by atoms with Crippen LogP contribution in [0.15, 0.2) is 73.3 Å². The molecule has 2 fully saturated rings. The van der Waals surface area contributed by atoms with E-state index in [4.69, 9.17) is 22.6 Å². The first kappa shape index (κ1) is 105. The minimum Gasteiger partial charge on any atom is -0.394 e. The number of aromatic nitrogens is 3. The SMILES string of the molecule is CCCCCCCCCCCCCCCC(=O)NS(=O)(=O)CCCC(=O)NCC(=O)N[C@@H](CO)C(=O)N[C@H](CCC(N)=O)C(=O)N[C@@H](Cc1c[nH]cn1)C(=O)N[C@@H](CO)C(=O)N[C@@H](C)C(=O)N[C@H]1CCC(=O)NCCCC[C@@H](C(N)=O)NC(=O)[C@H](Cc2c[nH]c3ccccc23)NC(=O)[C@H](CCCNC(=N)N)NC(=O)[C@@H](Cc2ccccc2)NC(=O)[C@@H]2C[C@@H](O)CN2C1=O. The number of aromatic amines is 2. The largest absolute Gasteiger partial charge is 0.394 e. The molecule has 6 rings (SSSR count). The van der Waals surface area contributed by atoms with E-state index in [0.29, 0.717) is 28.5 Å². The van der Waals surface area contributed by atoms with E-state index in [0.717, 1.165) is 43.9 Å². The highest BCUT2D eigenvalue weighted by molar-refractivity contribution is 7.90. The summed E-state index contributed by atoms with van der Waals surface area (Å²) >= 11 is 0. The van der Waals surface area contributed by atoms with Crippen LogP contribution in [0.5, 0.6) is 0 Å². The van der Waals surface area contributed by atoms with E-state index in [1.165, 1.54) is 57.5 Å². The number of guanidine groups is 1. The number of sulfonamides is 1. The van der Waals surface area contributed by atoms with Gasteiger partial charge in [-0.3, -0.25) is 86.8 Å². The number of primary amides is 2. The van der Waals surface area contributed by atoms with E-state index >= 15 is 4.79 Å². The molecule has 2 aromatic heterocycles. The molecule has 4 heterocycles. The fraction of sp³-hybridized carbons (Fsp3) is 0.595. The molecule has 4 aromatic rings. The number of benzene rings is 2. The van der Waals surface area contributed by atoms with Crippen molar-refractivity contribution in [2.75, 3.05) is 45.1 Å². The van der Waals surface area contributed by atoms with Crippen LogP contribution >= 0.6 is 0 Å². The van der Waals surface area contributed by atoms with Gasteiger partial charge in [0.1, 0.15) is 66.5 Å². The standard InChI is InChI=1S/C84H128N22O21S/c1-3-4-5-6-7-8-9-10-11-12-13-14-18-31-71(113)105-128(126,127)39-24-32-69(111)93-46-72(114)96-65(48-107)81(123)99-60(33-35-68(85)110)76(118)102-64(42-54-45-89-50-94-54)79(121)104-66(49-108)80(122)95-51(2)74(116)100-61-34-36-70(112)90-37-22-21-29-58(73(86)115)97-78(120)63(41-53-44-92-57-28-20-19-27-56(53)57)101-75(117)59(30-23-38-91-84(87)88)98-77(119)62(40-52-25-16-15-17-26-52)103-82(124)67-43-55(109)47-106(67)83(61)125/h15-17,19-20,25-28,44-45,50-51,55,58-67,92,107-109H,3-14,18,21-24,29-43,46-49H2,1-2H3,(H2,85,110)(H2,86,115)(H,89,94)(H,90,112)(H,93,111)(H,95,122)(H,96,114)(H,97,120)(H,98,119)(H,99,123)(H,100,116)(H,101,117)(H,102,118)(H,103,124)(H,104,121)(H,105,113)(H4,87,88,91)/t51-,55+,58-,59-,60+,61-,62+,63-,64-,65-,66-,67-/m0/s1. The average molecular weight is 1810 g/mol. The fourth-order valence-corrected chi connectivity index (χ4v) is 15.6. The molecule has 0 radical (unpaired) electrons. The Morgan fingerprint density at radius 2 is 1.20 bits per heavy atom. The maximum atomic E-state index is 15.1. The first-order valence-electron chi connectivity index (χ1n) is 43.7. The number of aliphatic hydroxyl groups excluding tert-OH is 3. The van der Waals surface area contributed by atoms with Crippen molar-refractivity contribution in [3.05, 3.63) is 90.1 Å². The van der Waals surface area contributed by atoms with Gasteiger partial charge in [-0.2, -0.15) is 0 Å². The van der Waals surface area contributed by atoms with Gasteiger partial charge in [-0.05, 0) is 81.9 Å². The molecule has 26 N–H and O–H groups in total. The van der Waals surface area contributed by atoms with Crippen molar-refractivity contribution >= 4 is 121 Å². The number of fused-ring (bicyclic) bond motifs is 2. The van der Waals surface area contributed by atoms with Crippen LogP contribution in [0.3, 0.4) is 0 Å². The first-order valence-corrected chi connectivity index (χ1v) is 45.3. The van der Waals surface area contributed by atoms with Crippen LogP contribution in [0.25, 0.3) is 10.9 Å².